The molecule has 0 bridgehead atoms. The first-order valence-electron chi connectivity index (χ1n) is 8.73. The fourth-order valence-electron chi connectivity index (χ4n) is 2.45. The summed E-state index contributed by atoms with van der Waals surface area (Å²) in [5, 5.41) is 13.6. The summed E-state index contributed by atoms with van der Waals surface area (Å²) in [6.07, 6.45) is -0.363. The van der Waals surface area contributed by atoms with Gasteiger partial charge < -0.3 is 14.8 Å². The number of nitrogens with zero attached hydrogens (tertiary/aromatic N) is 1. The summed E-state index contributed by atoms with van der Waals surface area (Å²) in [6, 6.07) is 5.16. The van der Waals surface area contributed by atoms with E-state index in [1.807, 2.05) is 0 Å². The third-order valence-electron chi connectivity index (χ3n) is 3.70. The molecular weight excluding hydrogens is 400 g/mol. The number of anilines is 1. The fraction of sp³-hybridized carbons (Fsp3) is 0.316. The van der Waals surface area contributed by atoms with Gasteiger partial charge in [-0.25, -0.2) is 9.59 Å². The first-order chi connectivity index (χ1) is 13.6. The maximum atomic E-state index is 12.6. The molecule has 2 aromatic rings. The SMILES string of the molecule is CCOC(=O)c1c(NC(=O)c2cccc([N+](=O)[O-])c2)sc(C(=O)OC(C)C)c1C. The molecule has 10 heteroatoms. The van der Waals surface area contributed by atoms with Gasteiger partial charge in [-0.15, -0.1) is 11.3 Å². The number of nitrogens with one attached hydrogen (secondary N) is 1. The van der Waals surface area contributed by atoms with Crippen molar-refractivity contribution in [2.45, 2.75) is 33.8 Å². The van der Waals surface area contributed by atoms with Gasteiger partial charge in [-0.3, -0.25) is 14.9 Å². The van der Waals surface area contributed by atoms with Gasteiger partial charge in [0, 0.05) is 17.7 Å². The van der Waals surface area contributed by atoms with E-state index in [2.05, 4.69) is 5.32 Å². The molecule has 2 rings (SSSR count). The van der Waals surface area contributed by atoms with Crippen LogP contribution in [-0.4, -0.2) is 35.5 Å². The van der Waals surface area contributed by atoms with Crippen LogP contribution in [0.15, 0.2) is 24.3 Å². The molecule has 1 amide bonds. The summed E-state index contributed by atoms with van der Waals surface area (Å²) < 4.78 is 10.2. The van der Waals surface area contributed by atoms with E-state index in [4.69, 9.17) is 9.47 Å². The lowest BCUT2D eigenvalue weighted by molar-refractivity contribution is -0.384. The number of non-ortho nitro benzene ring substituents is 1. The number of nitro groups is 1. The Labute approximate surface area is 170 Å². The van der Waals surface area contributed by atoms with Crippen molar-refractivity contribution in [2.75, 3.05) is 11.9 Å². The lowest BCUT2D eigenvalue weighted by Crippen LogP contribution is -2.15. The van der Waals surface area contributed by atoms with Crippen molar-refractivity contribution in [3.63, 3.8) is 0 Å². The third-order valence-corrected chi connectivity index (χ3v) is 4.89. The fourth-order valence-corrected chi connectivity index (χ4v) is 3.52. The minimum absolute atomic E-state index is 0.0337. The summed E-state index contributed by atoms with van der Waals surface area (Å²) in [4.78, 5) is 47.8. The molecule has 0 saturated carbocycles. The molecule has 29 heavy (non-hydrogen) atoms. The maximum absolute atomic E-state index is 12.6. The average molecular weight is 420 g/mol. The summed E-state index contributed by atoms with van der Waals surface area (Å²) in [5.41, 5.74) is 0.165. The molecule has 1 aromatic heterocycles. The second-order valence-electron chi connectivity index (χ2n) is 6.20. The first kappa shape index (κ1) is 22.0. The Balaban J connectivity index is 2.43. The van der Waals surface area contributed by atoms with E-state index in [1.54, 1.807) is 27.7 Å². The number of thiophene rings is 1. The number of nitro benzene ring substituents is 1. The summed E-state index contributed by atoms with van der Waals surface area (Å²) in [7, 11) is 0. The molecular formula is C19H20N2O7S. The van der Waals surface area contributed by atoms with Crippen LogP contribution < -0.4 is 5.32 Å². The molecule has 0 radical (unpaired) electrons. The van der Waals surface area contributed by atoms with E-state index in [0.717, 1.165) is 17.4 Å². The topological polar surface area (TPSA) is 125 Å². The number of ether oxygens (including phenoxy) is 2. The van der Waals surface area contributed by atoms with E-state index in [-0.39, 0.29) is 39.4 Å². The lowest BCUT2D eigenvalue weighted by Gasteiger charge is -2.07. The van der Waals surface area contributed by atoms with Gasteiger partial charge in [-0.05, 0) is 39.3 Å². The summed E-state index contributed by atoms with van der Waals surface area (Å²) >= 11 is 0.883. The number of benzene rings is 1. The predicted octanol–water partition coefficient (Wildman–Crippen LogP) is 3.96. The molecule has 0 spiro atoms. The van der Waals surface area contributed by atoms with Crippen LogP contribution in [0.3, 0.4) is 0 Å². The molecule has 0 unspecified atom stereocenters. The quantitative estimate of drug-likeness (QED) is 0.408. The van der Waals surface area contributed by atoms with Gasteiger partial charge in [0.1, 0.15) is 9.88 Å². The van der Waals surface area contributed by atoms with E-state index in [0.29, 0.717) is 5.56 Å². The number of esters is 2. The van der Waals surface area contributed by atoms with Crippen molar-refractivity contribution >= 4 is 39.9 Å². The zero-order valence-electron chi connectivity index (χ0n) is 16.3. The molecule has 1 aromatic carbocycles. The van der Waals surface area contributed by atoms with Crippen molar-refractivity contribution < 1.29 is 28.8 Å². The van der Waals surface area contributed by atoms with Gasteiger partial charge in [-0.2, -0.15) is 0 Å². The lowest BCUT2D eigenvalue weighted by atomic mass is 10.1. The average Bonchev–Trinajstić information content (AvgIpc) is 2.97. The van der Waals surface area contributed by atoms with Gasteiger partial charge in [0.2, 0.25) is 0 Å². The highest BCUT2D eigenvalue weighted by atomic mass is 32.1. The Kier molecular flexibility index (Phi) is 7.05. The summed E-state index contributed by atoms with van der Waals surface area (Å²) in [5.74, 6) is -1.98. The maximum Gasteiger partial charge on any atom is 0.348 e. The van der Waals surface area contributed by atoms with Crippen LogP contribution in [0.5, 0.6) is 0 Å². The molecule has 9 nitrogen and oxygen atoms in total. The Morgan fingerprint density at radius 2 is 1.93 bits per heavy atom. The standard InChI is InChI=1S/C19H20N2O7S/c1-5-27-18(23)14-11(4)15(19(24)28-10(2)3)29-17(14)20-16(22)12-7-6-8-13(9-12)21(25)26/h6-10H,5H2,1-4H3,(H,20,22). The molecule has 1 heterocycles. The van der Waals surface area contributed by atoms with Crippen LogP contribution in [0.2, 0.25) is 0 Å². The smallest absolute Gasteiger partial charge is 0.348 e. The number of amides is 1. The zero-order chi connectivity index (χ0) is 21.7. The molecule has 154 valence electrons. The molecule has 0 aliphatic rings. The molecule has 1 N–H and O–H groups in total. The van der Waals surface area contributed by atoms with Crippen LogP contribution in [0.1, 0.15) is 56.7 Å². The van der Waals surface area contributed by atoms with Gasteiger partial charge in [0.05, 0.1) is 23.2 Å². The normalized spacial score (nSPS) is 10.5. The van der Waals surface area contributed by atoms with E-state index in [1.165, 1.54) is 18.2 Å². The Hall–Kier alpha value is -3.27. The van der Waals surface area contributed by atoms with Gasteiger partial charge in [0.15, 0.2) is 0 Å². The van der Waals surface area contributed by atoms with Crippen molar-refractivity contribution in [1.82, 2.24) is 0 Å². The van der Waals surface area contributed by atoms with Crippen molar-refractivity contribution in [3.05, 3.63) is 55.9 Å². The van der Waals surface area contributed by atoms with Crippen LogP contribution in [0.4, 0.5) is 10.7 Å². The Morgan fingerprint density at radius 3 is 2.52 bits per heavy atom. The minimum Gasteiger partial charge on any atom is -0.462 e. The minimum atomic E-state index is -0.695. The zero-order valence-corrected chi connectivity index (χ0v) is 17.1. The Bertz CT molecular complexity index is 965. The highest BCUT2D eigenvalue weighted by Crippen LogP contribution is 2.35. The van der Waals surface area contributed by atoms with Crippen molar-refractivity contribution in [1.29, 1.82) is 0 Å². The molecule has 0 aliphatic heterocycles. The second-order valence-corrected chi connectivity index (χ2v) is 7.22. The van der Waals surface area contributed by atoms with Crippen LogP contribution in [0, 0.1) is 17.0 Å². The Morgan fingerprint density at radius 1 is 1.24 bits per heavy atom. The van der Waals surface area contributed by atoms with Gasteiger partial charge in [0.25, 0.3) is 11.6 Å². The van der Waals surface area contributed by atoms with Crippen LogP contribution in [0.25, 0.3) is 0 Å². The van der Waals surface area contributed by atoms with Crippen molar-refractivity contribution in [3.8, 4) is 0 Å². The van der Waals surface area contributed by atoms with E-state index < -0.39 is 22.8 Å². The van der Waals surface area contributed by atoms with Crippen LogP contribution >= 0.6 is 11.3 Å². The highest BCUT2D eigenvalue weighted by molar-refractivity contribution is 7.18. The molecule has 0 atom stereocenters. The third kappa shape index (κ3) is 5.17. The van der Waals surface area contributed by atoms with Crippen molar-refractivity contribution in [2.24, 2.45) is 0 Å². The summed E-state index contributed by atoms with van der Waals surface area (Å²) in [6.45, 7) is 6.69. The molecule has 0 saturated heterocycles. The molecule has 0 fully saturated rings. The predicted molar refractivity (Wildman–Crippen MR) is 107 cm³/mol. The number of rotatable bonds is 7. The van der Waals surface area contributed by atoms with Gasteiger partial charge in [-0.1, -0.05) is 6.07 Å². The second kappa shape index (κ2) is 9.28. The number of hydrogen-bond acceptors (Lipinski definition) is 8. The largest absolute Gasteiger partial charge is 0.462 e. The number of hydrogen-bond donors (Lipinski definition) is 1. The monoisotopic (exact) mass is 420 g/mol. The highest BCUT2D eigenvalue weighted by Gasteiger charge is 2.28. The van der Waals surface area contributed by atoms with Gasteiger partial charge >= 0.3 is 11.9 Å². The van der Waals surface area contributed by atoms with Crippen LogP contribution in [-0.2, 0) is 9.47 Å². The van der Waals surface area contributed by atoms with E-state index >= 15 is 0 Å². The number of carbonyl (C=O) groups excluding carboxylic acids is 3. The molecule has 0 aliphatic carbocycles. The number of carbonyl (C=O) groups is 3. The van der Waals surface area contributed by atoms with E-state index in [9.17, 15) is 24.5 Å². The first-order valence-corrected chi connectivity index (χ1v) is 9.54.